The van der Waals surface area contributed by atoms with Gasteiger partial charge in [0.2, 0.25) is 11.9 Å². The molecule has 2 aliphatic rings. The van der Waals surface area contributed by atoms with Crippen molar-refractivity contribution in [2.24, 2.45) is 5.10 Å². The van der Waals surface area contributed by atoms with Gasteiger partial charge in [0.25, 0.3) is 0 Å². The van der Waals surface area contributed by atoms with Crippen LogP contribution < -0.4 is 9.80 Å². The van der Waals surface area contributed by atoms with Gasteiger partial charge in [-0.3, -0.25) is 4.79 Å². The van der Waals surface area contributed by atoms with Crippen molar-refractivity contribution in [3.63, 3.8) is 0 Å². The number of guanidine groups is 1. The summed E-state index contributed by atoms with van der Waals surface area (Å²) in [6.07, 6.45) is 0.843. The molecule has 1 atom stereocenters. The van der Waals surface area contributed by atoms with Gasteiger partial charge in [0, 0.05) is 6.92 Å². The number of carbonyl (C=O) groups is 1. The minimum Gasteiger partial charge on any atom is -0.304 e. The van der Waals surface area contributed by atoms with Crippen LogP contribution in [0.5, 0.6) is 0 Å². The molecule has 1 unspecified atom stereocenters. The number of hydrogen-bond acceptors (Lipinski definition) is 4. The van der Waals surface area contributed by atoms with Gasteiger partial charge in [0.05, 0.1) is 30.5 Å². The number of nitrogens with zero attached hydrogens (tertiary/aromatic N) is 4. The molecule has 0 N–H and O–H groups in total. The van der Waals surface area contributed by atoms with Crippen LogP contribution in [0.25, 0.3) is 0 Å². The lowest BCUT2D eigenvalue weighted by Gasteiger charge is -2.38. The van der Waals surface area contributed by atoms with Gasteiger partial charge in [-0.2, -0.15) is 0 Å². The van der Waals surface area contributed by atoms with Crippen molar-refractivity contribution in [1.82, 2.24) is 5.01 Å². The molecule has 0 aliphatic carbocycles. The highest BCUT2D eigenvalue weighted by atomic mass is 16.2. The standard InChI is InChI=1S/C27H28N4O/c1-19-8-12-22(13-9-19)16-24-18-30(21(3)32)28-27-29(17-23-14-10-20(2)11-15-23)25-6-4-5-7-26(25)31(24)27/h4-15,24H,16-18H2,1-3H3. The van der Waals surface area contributed by atoms with E-state index in [-0.39, 0.29) is 11.9 Å². The molecule has 32 heavy (non-hydrogen) atoms. The van der Waals surface area contributed by atoms with Crippen LogP contribution in [-0.4, -0.2) is 29.5 Å². The number of carbonyl (C=O) groups excluding carboxylic acids is 1. The molecule has 3 aromatic rings. The Labute approximate surface area is 189 Å². The van der Waals surface area contributed by atoms with Crippen molar-refractivity contribution in [2.45, 2.75) is 39.8 Å². The molecule has 5 nitrogen and oxygen atoms in total. The van der Waals surface area contributed by atoms with Gasteiger partial charge in [-0.05, 0) is 43.5 Å². The zero-order chi connectivity index (χ0) is 22.2. The molecular formula is C27H28N4O. The second kappa shape index (κ2) is 8.15. The number of aryl methyl sites for hydroxylation is 2. The first kappa shape index (κ1) is 20.3. The Morgan fingerprint density at radius 2 is 1.47 bits per heavy atom. The fourth-order valence-corrected chi connectivity index (χ4v) is 4.52. The lowest BCUT2D eigenvalue weighted by atomic mass is 10.0. The Kier molecular flexibility index (Phi) is 5.17. The maximum absolute atomic E-state index is 12.4. The van der Waals surface area contributed by atoms with E-state index in [1.807, 2.05) is 0 Å². The first-order valence-corrected chi connectivity index (χ1v) is 11.1. The summed E-state index contributed by atoms with van der Waals surface area (Å²) in [5, 5.41) is 6.44. The summed E-state index contributed by atoms with van der Waals surface area (Å²) in [4.78, 5) is 16.9. The van der Waals surface area contributed by atoms with Crippen LogP contribution >= 0.6 is 0 Å². The van der Waals surface area contributed by atoms with Crippen LogP contribution in [0.1, 0.15) is 29.2 Å². The van der Waals surface area contributed by atoms with Crippen molar-refractivity contribution in [1.29, 1.82) is 0 Å². The highest BCUT2D eigenvalue weighted by Crippen LogP contribution is 2.41. The monoisotopic (exact) mass is 424 g/mol. The lowest BCUT2D eigenvalue weighted by Crippen LogP contribution is -2.55. The second-order valence-corrected chi connectivity index (χ2v) is 8.78. The number of para-hydroxylation sites is 2. The number of anilines is 2. The first-order valence-electron chi connectivity index (χ1n) is 11.1. The number of hydrogen-bond donors (Lipinski definition) is 0. The third-order valence-electron chi connectivity index (χ3n) is 6.26. The molecule has 5 rings (SSSR count). The zero-order valence-corrected chi connectivity index (χ0v) is 18.8. The fraction of sp³-hybridized carbons (Fsp3) is 0.259. The number of benzene rings is 3. The number of hydrazone groups is 1. The van der Waals surface area contributed by atoms with Crippen LogP contribution in [0.3, 0.4) is 0 Å². The summed E-state index contributed by atoms with van der Waals surface area (Å²) >= 11 is 0. The van der Waals surface area contributed by atoms with Gasteiger partial charge in [-0.15, -0.1) is 5.10 Å². The topological polar surface area (TPSA) is 39.2 Å². The predicted molar refractivity (Wildman–Crippen MR) is 130 cm³/mol. The minimum absolute atomic E-state index is 0.0303. The van der Waals surface area contributed by atoms with E-state index in [9.17, 15) is 4.79 Å². The first-order chi connectivity index (χ1) is 15.5. The summed E-state index contributed by atoms with van der Waals surface area (Å²) < 4.78 is 0. The van der Waals surface area contributed by atoms with Crippen molar-refractivity contribution < 1.29 is 4.79 Å². The molecule has 0 saturated carbocycles. The Morgan fingerprint density at radius 3 is 2.09 bits per heavy atom. The maximum Gasteiger partial charge on any atom is 0.239 e. The van der Waals surface area contributed by atoms with Crippen LogP contribution in [0.15, 0.2) is 77.9 Å². The molecule has 0 aromatic heterocycles. The summed E-state index contributed by atoms with van der Waals surface area (Å²) in [7, 11) is 0. The Balaban J connectivity index is 1.55. The zero-order valence-electron chi connectivity index (χ0n) is 18.8. The third kappa shape index (κ3) is 3.75. The average Bonchev–Trinajstić information content (AvgIpc) is 3.11. The van der Waals surface area contributed by atoms with E-state index >= 15 is 0 Å². The van der Waals surface area contributed by atoms with E-state index in [0.717, 1.165) is 23.8 Å². The molecule has 0 fully saturated rings. The van der Waals surface area contributed by atoms with Crippen molar-refractivity contribution in [2.75, 3.05) is 16.3 Å². The van der Waals surface area contributed by atoms with Crippen LogP contribution in [0.4, 0.5) is 11.4 Å². The molecule has 0 bridgehead atoms. The van der Waals surface area contributed by atoms with E-state index in [4.69, 9.17) is 5.10 Å². The minimum atomic E-state index is -0.0303. The van der Waals surface area contributed by atoms with Crippen LogP contribution in [-0.2, 0) is 17.8 Å². The van der Waals surface area contributed by atoms with Gasteiger partial charge in [0.15, 0.2) is 0 Å². The summed E-state index contributed by atoms with van der Waals surface area (Å²) in [6.45, 7) is 7.07. The normalized spacial score (nSPS) is 17.2. The molecule has 0 spiro atoms. The van der Waals surface area contributed by atoms with Crippen LogP contribution in [0.2, 0.25) is 0 Å². The highest BCUT2D eigenvalue weighted by molar-refractivity contribution is 6.17. The number of rotatable bonds is 4. The Bertz CT molecular complexity index is 1170. The third-order valence-corrected chi connectivity index (χ3v) is 6.26. The maximum atomic E-state index is 12.4. The molecule has 0 radical (unpaired) electrons. The van der Waals surface area contributed by atoms with Crippen molar-refractivity contribution in [3.8, 4) is 0 Å². The largest absolute Gasteiger partial charge is 0.304 e. The van der Waals surface area contributed by atoms with Gasteiger partial charge in [-0.25, -0.2) is 5.01 Å². The molecule has 2 aliphatic heterocycles. The van der Waals surface area contributed by atoms with Gasteiger partial charge in [-0.1, -0.05) is 71.8 Å². The van der Waals surface area contributed by atoms with E-state index in [2.05, 4.69) is 96.4 Å². The van der Waals surface area contributed by atoms with E-state index < -0.39 is 0 Å². The summed E-state index contributed by atoms with van der Waals surface area (Å²) in [5.41, 5.74) is 7.25. The smallest absolute Gasteiger partial charge is 0.239 e. The van der Waals surface area contributed by atoms with E-state index in [1.165, 1.54) is 22.3 Å². The van der Waals surface area contributed by atoms with E-state index in [0.29, 0.717) is 13.1 Å². The van der Waals surface area contributed by atoms with Gasteiger partial charge < -0.3 is 9.80 Å². The van der Waals surface area contributed by atoms with Crippen molar-refractivity contribution in [3.05, 3.63) is 95.1 Å². The summed E-state index contributed by atoms with van der Waals surface area (Å²) in [5.74, 6) is 0.794. The van der Waals surface area contributed by atoms with Crippen molar-refractivity contribution >= 4 is 23.2 Å². The quantitative estimate of drug-likeness (QED) is 0.600. The molecule has 3 aromatic carbocycles. The fourth-order valence-electron chi connectivity index (χ4n) is 4.52. The molecule has 0 saturated heterocycles. The van der Waals surface area contributed by atoms with E-state index in [1.54, 1.807) is 11.9 Å². The predicted octanol–water partition coefficient (Wildman–Crippen LogP) is 4.87. The number of amides is 1. The molecule has 2 heterocycles. The number of fused-ring (bicyclic) bond motifs is 3. The SMILES string of the molecule is CC(=O)N1CC(Cc2ccc(C)cc2)N2C(=N1)N(Cc1ccc(C)cc1)c1ccccc12. The summed E-state index contributed by atoms with van der Waals surface area (Å²) in [6, 6.07) is 25.8. The Hall–Kier alpha value is -3.60. The molecular weight excluding hydrogens is 396 g/mol. The average molecular weight is 425 g/mol. The Morgan fingerprint density at radius 1 is 0.875 bits per heavy atom. The second-order valence-electron chi connectivity index (χ2n) is 8.78. The molecule has 1 amide bonds. The molecule has 162 valence electrons. The van der Waals surface area contributed by atoms with Crippen LogP contribution in [0, 0.1) is 13.8 Å². The molecule has 5 heteroatoms. The highest BCUT2D eigenvalue weighted by Gasteiger charge is 2.41. The lowest BCUT2D eigenvalue weighted by molar-refractivity contribution is -0.129. The van der Waals surface area contributed by atoms with Gasteiger partial charge >= 0.3 is 0 Å². The van der Waals surface area contributed by atoms with Gasteiger partial charge in [0.1, 0.15) is 0 Å².